The Labute approximate surface area is 95.7 Å². The van der Waals surface area contributed by atoms with Gasteiger partial charge in [-0.05, 0) is 12.0 Å². The third kappa shape index (κ3) is 3.91. The van der Waals surface area contributed by atoms with Gasteiger partial charge in [-0.25, -0.2) is 4.98 Å². The Kier molecular flexibility index (Phi) is 4.62. The van der Waals surface area contributed by atoms with E-state index in [0.29, 0.717) is 17.7 Å². The van der Waals surface area contributed by atoms with Gasteiger partial charge in [-0.3, -0.25) is 0 Å². The molecule has 0 aliphatic rings. The van der Waals surface area contributed by atoms with E-state index in [2.05, 4.69) is 22.2 Å². The predicted molar refractivity (Wildman–Crippen MR) is 64.7 cm³/mol. The second-order valence-electron chi connectivity index (χ2n) is 3.78. The molecule has 84 valence electrons. The highest BCUT2D eigenvalue weighted by molar-refractivity contribution is 6.18. The van der Waals surface area contributed by atoms with Crippen molar-refractivity contribution in [3.05, 3.63) is 12.3 Å². The molecule has 1 atom stereocenters. The zero-order valence-corrected chi connectivity index (χ0v) is 10.1. The highest BCUT2D eigenvalue weighted by Gasteiger charge is 2.02. The number of halogens is 1. The average molecular weight is 229 g/mol. The van der Waals surface area contributed by atoms with Crippen LogP contribution in [0.1, 0.15) is 6.92 Å². The van der Waals surface area contributed by atoms with E-state index in [1.807, 2.05) is 25.1 Å². The molecule has 5 heteroatoms. The van der Waals surface area contributed by atoms with Gasteiger partial charge in [-0.15, -0.1) is 11.6 Å². The molecule has 0 fully saturated rings. The molecule has 0 aliphatic carbocycles. The van der Waals surface area contributed by atoms with Gasteiger partial charge in [-0.1, -0.05) is 6.92 Å². The predicted octanol–water partition coefficient (Wildman–Crippen LogP) is 1.83. The van der Waals surface area contributed by atoms with Crippen LogP contribution in [-0.2, 0) is 0 Å². The highest BCUT2D eigenvalue weighted by Crippen LogP contribution is 2.08. The van der Waals surface area contributed by atoms with Crippen LogP contribution in [0.15, 0.2) is 12.3 Å². The molecule has 0 radical (unpaired) electrons. The minimum Gasteiger partial charge on any atom is -0.370 e. The summed E-state index contributed by atoms with van der Waals surface area (Å²) in [6.07, 6.45) is 1.75. The average Bonchev–Trinajstić information content (AvgIpc) is 2.26. The van der Waals surface area contributed by atoms with Crippen LogP contribution in [0.4, 0.5) is 11.8 Å². The van der Waals surface area contributed by atoms with Crippen molar-refractivity contribution in [3.63, 3.8) is 0 Å². The lowest BCUT2D eigenvalue weighted by Crippen LogP contribution is -2.16. The van der Waals surface area contributed by atoms with Gasteiger partial charge in [-0.2, -0.15) is 4.98 Å². The van der Waals surface area contributed by atoms with Crippen molar-refractivity contribution in [3.8, 4) is 0 Å². The minimum atomic E-state index is 0.435. The number of nitrogens with zero attached hydrogens (tertiary/aromatic N) is 3. The SMILES string of the molecule is CC(CCl)CNc1ccnc(N(C)C)n1. The monoisotopic (exact) mass is 228 g/mol. The number of nitrogens with one attached hydrogen (secondary N) is 1. The van der Waals surface area contributed by atoms with Gasteiger partial charge in [0.15, 0.2) is 0 Å². The summed E-state index contributed by atoms with van der Waals surface area (Å²) in [4.78, 5) is 10.3. The van der Waals surface area contributed by atoms with Crippen LogP contribution in [0.2, 0.25) is 0 Å². The van der Waals surface area contributed by atoms with E-state index >= 15 is 0 Å². The Bertz CT molecular complexity index is 303. The summed E-state index contributed by atoms with van der Waals surface area (Å²) in [7, 11) is 3.83. The van der Waals surface area contributed by atoms with E-state index in [1.54, 1.807) is 6.20 Å². The lowest BCUT2D eigenvalue weighted by molar-refractivity contribution is 0.694. The maximum Gasteiger partial charge on any atom is 0.226 e. The zero-order chi connectivity index (χ0) is 11.3. The molecule has 1 aromatic heterocycles. The third-order valence-corrected chi connectivity index (χ3v) is 2.46. The summed E-state index contributed by atoms with van der Waals surface area (Å²) in [6, 6.07) is 1.86. The van der Waals surface area contributed by atoms with E-state index in [1.165, 1.54) is 0 Å². The minimum absolute atomic E-state index is 0.435. The topological polar surface area (TPSA) is 41.1 Å². The van der Waals surface area contributed by atoms with E-state index < -0.39 is 0 Å². The largest absolute Gasteiger partial charge is 0.370 e. The number of hydrogen-bond donors (Lipinski definition) is 1. The Morgan fingerprint density at radius 2 is 2.27 bits per heavy atom. The number of alkyl halides is 1. The quantitative estimate of drug-likeness (QED) is 0.781. The summed E-state index contributed by atoms with van der Waals surface area (Å²) in [5.41, 5.74) is 0. The van der Waals surface area contributed by atoms with Crippen molar-refractivity contribution < 1.29 is 0 Å². The van der Waals surface area contributed by atoms with Gasteiger partial charge in [0.05, 0.1) is 0 Å². The summed E-state index contributed by atoms with van der Waals surface area (Å²) >= 11 is 5.72. The maximum atomic E-state index is 5.72. The fourth-order valence-electron chi connectivity index (χ4n) is 0.996. The smallest absolute Gasteiger partial charge is 0.226 e. The van der Waals surface area contributed by atoms with Gasteiger partial charge in [0.1, 0.15) is 5.82 Å². The second-order valence-corrected chi connectivity index (χ2v) is 4.09. The molecule has 0 saturated carbocycles. The Hall–Kier alpha value is -1.03. The van der Waals surface area contributed by atoms with E-state index in [0.717, 1.165) is 12.4 Å². The molecule has 0 aliphatic heterocycles. The molecule has 4 nitrogen and oxygen atoms in total. The molecule has 1 unspecified atom stereocenters. The number of anilines is 2. The van der Waals surface area contributed by atoms with E-state index in [9.17, 15) is 0 Å². The Morgan fingerprint density at radius 3 is 2.87 bits per heavy atom. The highest BCUT2D eigenvalue weighted by atomic mass is 35.5. The van der Waals surface area contributed by atoms with Crippen LogP contribution in [0.3, 0.4) is 0 Å². The summed E-state index contributed by atoms with van der Waals surface area (Å²) in [5, 5.41) is 3.23. The fourth-order valence-corrected chi connectivity index (χ4v) is 1.10. The third-order valence-electron chi connectivity index (χ3n) is 1.94. The summed E-state index contributed by atoms with van der Waals surface area (Å²) < 4.78 is 0. The van der Waals surface area contributed by atoms with Crippen molar-refractivity contribution in [2.75, 3.05) is 36.7 Å². The lowest BCUT2D eigenvalue weighted by Gasteiger charge is -2.13. The van der Waals surface area contributed by atoms with Crippen molar-refractivity contribution in [2.45, 2.75) is 6.92 Å². The van der Waals surface area contributed by atoms with Crippen LogP contribution < -0.4 is 10.2 Å². The van der Waals surface area contributed by atoms with Crippen LogP contribution in [-0.4, -0.2) is 36.5 Å². The first-order chi connectivity index (χ1) is 7.13. The molecule has 1 N–H and O–H groups in total. The van der Waals surface area contributed by atoms with Crippen molar-refractivity contribution in [2.24, 2.45) is 5.92 Å². The van der Waals surface area contributed by atoms with Gasteiger partial charge in [0, 0.05) is 32.7 Å². The molecule has 0 saturated heterocycles. The number of aromatic nitrogens is 2. The maximum absolute atomic E-state index is 5.72. The molecule has 1 heterocycles. The van der Waals surface area contributed by atoms with Crippen LogP contribution in [0.5, 0.6) is 0 Å². The summed E-state index contributed by atoms with van der Waals surface area (Å²) in [6.45, 7) is 2.92. The molecular formula is C10H17ClN4. The molecule has 15 heavy (non-hydrogen) atoms. The lowest BCUT2D eigenvalue weighted by atomic mass is 10.2. The number of hydrogen-bond acceptors (Lipinski definition) is 4. The standard InChI is InChI=1S/C10H17ClN4/c1-8(6-11)7-13-9-4-5-12-10(14-9)15(2)3/h4-5,8H,6-7H2,1-3H3,(H,12,13,14). The fraction of sp³-hybridized carbons (Fsp3) is 0.600. The Morgan fingerprint density at radius 1 is 1.53 bits per heavy atom. The zero-order valence-electron chi connectivity index (χ0n) is 9.37. The van der Waals surface area contributed by atoms with E-state index in [-0.39, 0.29) is 0 Å². The summed E-state index contributed by atoms with van der Waals surface area (Å²) in [5.74, 6) is 2.63. The van der Waals surface area contributed by atoms with Gasteiger partial charge < -0.3 is 10.2 Å². The molecule has 0 amide bonds. The van der Waals surface area contributed by atoms with Crippen molar-refractivity contribution >= 4 is 23.4 Å². The molecule has 1 rings (SSSR count). The first kappa shape index (κ1) is 12.0. The number of rotatable bonds is 5. The van der Waals surface area contributed by atoms with Crippen molar-refractivity contribution in [1.82, 2.24) is 9.97 Å². The van der Waals surface area contributed by atoms with Gasteiger partial charge in [0.25, 0.3) is 0 Å². The first-order valence-electron chi connectivity index (χ1n) is 4.93. The molecule has 0 aromatic carbocycles. The molecular weight excluding hydrogens is 212 g/mol. The Balaban J connectivity index is 2.58. The van der Waals surface area contributed by atoms with Crippen molar-refractivity contribution in [1.29, 1.82) is 0 Å². The molecule has 0 spiro atoms. The van der Waals surface area contributed by atoms with Gasteiger partial charge >= 0.3 is 0 Å². The van der Waals surface area contributed by atoms with Gasteiger partial charge in [0.2, 0.25) is 5.95 Å². The first-order valence-corrected chi connectivity index (χ1v) is 5.47. The normalized spacial score (nSPS) is 12.3. The van der Waals surface area contributed by atoms with Crippen LogP contribution >= 0.6 is 11.6 Å². The van der Waals surface area contributed by atoms with Crippen LogP contribution in [0, 0.1) is 5.92 Å². The van der Waals surface area contributed by atoms with Crippen LogP contribution in [0.25, 0.3) is 0 Å². The molecule has 0 bridgehead atoms. The molecule has 1 aromatic rings. The van der Waals surface area contributed by atoms with E-state index in [4.69, 9.17) is 11.6 Å². The second kappa shape index (κ2) is 5.75.